The van der Waals surface area contributed by atoms with E-state index < -0.39 is 0 Å². The van der Waals surface area contributed by atoms with E-state index >= 15 is 0 Å². The van der Waals surface area contributed by atoms with Crippen LogP contribution in [0.4, 0.5) is 0 Å². The molecule has 0 atom stereocenters. The zero-order valence-corrected chi connectivity index (χ0v) is 11.4. The summed E-state index contributed by atoms with van der Waals surface area (Å²) >= 11 is 11.8. The molecule has 2 aromatic rings. The summed E-state index contributed by atoms with van der Waals surface area (Å²) in [5.41, 5.74) is 0.703. The summed E-state index contributed by atoms with van der Waals surface area (Å²) in [6.45, 7) is 0. The van der Waals surface area contributed by atoms with E-state index in [9.17, 15) is 9.59 Å². The molecule has 0 fully saturated rings. The summed E-state index contributed by atoms with van der Waals surface area (Å²) in [6.07, 6.45) is -0.243. The first kappa shape index (κ1) is 13.8. The summed E-state index contributed by atoms with van der Waals surface area (Å²) in [5.74, 6) is -0.619. The molecule has 2 rings (SSSR count). The van der Waals surface area contributed by atoms with Crippen LogP contribution in [0.5, 0.6) is 0 Å². The monoisotopic (exact) mass is 292 g/mol. The number of carbonyl (C=O) groups excluding carboxylic acids is 2. The Morgan fingerprint density at radius 2 is 1.11 bits per heavy atom. The fraction of sp³-hybridized carbons (Fsp3) is 0.0667. The van der Waals surface area contributed by atoms with Crippen LogP contribution < -0.4 is 0 Å². The highest BCUT2D eigenvalue weighted by molar-refractivity contribution is 6.36. The van der Waals surface area contributed by atoms with Gasteiger partial charge in [0.25, 0.3) is 0 Å². The molecule has 4 heteroatoms. The van der Waals surface area contributed by atoms with Crippen molar-refractivity contribution in [3.8, 4) is 0 Å². The van der Waals surface area contributed by atoms with Gasteiger partial charge in [-0.15, -0.1) is 0 Å². The van der Waals surface area contributed by atoms with Gasteiger partial charge in [0.1, 0.15) is 0 Å². The number of halogens is 2. The molecule has 2 aromatic carbocycles. The maximum atomic E-state index is 12.0. The van der Waals surface area contributed by atoms with Crippen LogP contribution in [0, 0.1) is 0 Å². The molecule has 2 nitrogen and oxygen atoms in total. The van der Waals surface area contributed by atoms with Crippen molar-refractivity contribution in [2.75, 3.05) is 0 Å². The number of rotatable bonds is 4. The van der Waals surface area contributed by atoms with E-state index in [0.717, 1.165) is 0 Å². The van der Waals surface area contributed by atoms with Crippen LogP contribution in [-0.2, 0) is 0 Å². The highest BCUT2D eigenvalue weighted by Crippen LogP contribution is 2.20. The Morgan fingerprint density at radius 3 is 1.47 bits per heavy atom. The van der Waals surface area contributed by atoms with Crippen LogP contribution in [0.25, 0.3) is 0 Å². The van der Waals surface area contributed by atoms with Gasteiger partial charge >= 0.3 is 0 Å². The standard InChI is InChI=1S/C15H10Cl2O2/c16-12-7-3-1-5-10(12)14(18)9-15(19)11-6-2-4-8-13(11)17/h1-8H,9H2. The van der Waals surface area contributed by atoms with E-state index in [0.29, 0.717) is 21.2 Å². The minimum absolute atomic E-state index is 0.243. The van der Waals surface area contributed by atoms with E-state index in [1.165, 1.54) is 0 Å². The highest BCUT2D eigenvalue weighted by atomic mass is 35.5. The quantitative estimate of drug-likeness (QED) is 0.616. The molecule has 19 heavy (non-hydrogen) atoms. The van der Waals surface area contributed by atoms with Gasteiger partial charge in [0, 0.05) is 11.1 Å². The van der Waals surface area contributed by atoms with Crippen LogP contribution in [0.15, 0.2) is 48.5 Å². The lowest BCUT2D eigenvalue weighted by Crippen LogP contribution is -2.09. The Balaban J connectivity index is 2.19. The summed E-state index contributed by atoms with van der Waals surface area (Å²) in [4.78, 5) is 24.0. The average Bonchev–Trinajstić information content (AvgIpc) is 2.39. The van der Waals surface area contributed by atoms with E-state index in [4.69, 9.17) is 23.2 Å². The second-order valence-corrected chi connectivity index (χ2v) is 4.80. The van der Waals surface area contributed by atoms with Gasteiger partial charge in [-0.1, -0.05) is 47.5 Å². The van der Waals surface area contributed by atoms with Crippen molar-refractivity contribution >= 4 is 34.8 Å². The van der Waals surface area contributed by atoms with Crippen LogP contribution in [-0.4, -0.2) is 11.6 Å². The number of carbonyl (C=O) groups is 2. The molecule has 0 aliphatic rings. The maximum Gasteiger partial charge on any atom is 0.172 e. The van der Waals surface area contributed by atoms with Crippen molar-refractivity contribution in [2.24, 2.45) is 0 Å². The van der Waals surface area contributed by atoms with Crippen LogP contribution in [0.2, 0.25) is 10.0 Å². The normalized spacial score (nSPS) is 10.2. The molecule has 0 radical (unpaired) electrons. The molecule has 0 N–H and O–H groups in total. The molecular formula is C15H10Cl2O2. The highest BCUT2D eigenvalue weighted by Gasteiger charge is 2.17. The number of hydrogen-bond donors (Lipinski definition) is 0. The van der Waals surface area contributed by atoms with E-state index in [-0.39, 0.29) is 18.0 Å². The molecule has 0 spiro atoms. The molecule has 0 aliphatic heterocycles. The molecule has 0 amide bonds. The smallest absolute Gasteiger partial charge is 0.172 e. The van der Waals surface area contributed by atoms with Gasteiger partial charge < -0.3 is 0 Å². The van der Waals surface area contributed by atoms with Gasteiger partial charge in [0.2, 0.25) is 0 Å². The molecular weight excluding hydrogens is 283 g/mol. The minimum Gasteiger partial charge on any atom is -0.294 e. The van der Waals surface area contributed by atoms with Gasteiger partial charge in [0.05, 0.1) is 16.5 Å². The van der Waals surface area contributed by atoms with E-state index in [1.807, 2.05) is 0 Å². The Morgan fingerprint density at radius 1 is 0.737 bits per heavy atom. The summed E-state index contributed by atoms with van der Waals surface area (Å²) in [6, 6.07) is 13.3. The lowest BCUT2D eigenvalue weighted by atomic mass is 10.0. The third-order valence-corrected chi connectivity index (χ3v) is 3.33. The Kier molecular flexibility index (Phi) is 4.35. The Bertz CT molecular complexity index is 580. The maximum absolute atomic E-state index is 12.0. The number of benzene rings is 2. The van der Waals surface area contributed by atoms with Crippen LogP contribution in [0.1, 0.15) is 27.1 Å². The summed E-state index contributed by atoms with van der Waals surface area (Å²) in [5, 5.41) is 0.693. The van der Waals surface area contributed by atoms with Crippen molar-refractivity contribution in [1.82, 2.24) is 0 Å². The molecule has 96 valence electrons. The number of hydrogen-bond acceptors (Lipinski definition) is 2. The SMILES string of the molecule is O=C(CC(=O)c1ccccc1Cl)c1ccccc1Cl. The molecule has 0 unspecified atom stereocenters. The summed E-state index contributed by atoms with van der Waals surface area (Å²) in [7, 11) is 0. The first-order valence-corrected chi connectivity index (χ1v) is 6.40. The van der Waals surface area contributed by atoms with Crippen LogP contribution in [0.3, 0.4) is 0 Å². The predicted octanol–water partition coefficient (Wildman–Crippen LogP) is 4.45. The first-order valence-electron chi connectivity index (χ1n) is 5.65. The third-order valence-electron chi connectivity index (χ3n) is 2.67. The molecule has 0 aromatic heterocycles. The van der Waals surface area contributed by atoms with E-state index in [1.54, 1.807) is 48.5 Å². The predicted molar refractivity (Wildman–Crippen MR) is 76.2 cm³/mol. The van der Waals surface area contributed by atoms with Crippen molar-refractivity contribution in [3.63, 3.8) is 0 Å². The van der Waals surface area contributed by atoms with Gasteiger partial charge in [0.15, 0.2) is 11.6 Å². The summed E-state index contributed by atoms with van der Waals surface area (Å²) < 4.78 is 0. The fourth-order valence-electron chi connectivity index (χ4n) is 1.71. The molecule has 0 saturated heterocycles. The van der Waals surface area contributed by atoms with Crippen molar-refractivity contribution in [3.05, 3.63) is 69.7 Å². The lowest BCUT2D eigenvalue weighted by Gasteiger charge is -2.04. The second-order valence-electron chi connectivity index (χ2n) is 3.98. The molecule has 0 saturated carbocycles. The van der Waals surface area contributed by atoms with Gasteiger partial charge in [-0.05, 0) is 24.3 Å². The van der Waals surface area contributed by atoms with Gasteiger partial charge in [-0.3, -0.25) is 9.59 Å². The molecule has 0 aliphatic carbocycles. The third kappa shape index (κ3) is 3.22. The first-order chi connectivity index (χ1) is 9.09. The van der Waals surface area contributed by atoms with Crippen molar-refractivity contribution in [1.29, 1.82) is 0 Å². The average molecular weight is 293 g/mol. The Labute approximate surface area is 121 Å². The zero-order valence-electron chi connectivity index (χ0n) is 9.90. The lowest BCUT2D eigenvalue weighted by molar-refractivity contribution is 0.0894. The Hall–Kier alpha value is -1.64. The van der Waals surface area contributed by atoms with Gasteiger partial charge in [-0.25, -0.2) is 0 Å². The number of ketones is 2. The van der Waals surface area contributed by atoms with Crippen molar-refractivity contribution < 1.29 is 9.59 Å². The van der Waals surface area contributed by atoms with E-state index in [2.05, 4.69) is 0 Å². The largest absolute Gasteiger partial charge is 0.294 e. The number of Topliss-reactive ketones (excluding diaryl/α,β-unsaturated/α-hetero) is 2. The topological polar surface area (TPSA) is 34.1 Å². The second kappa shape index (κ2) is 6.00. The fourth-order valence-corrected chi connectivity index (χ4v) is 2.19. The molecule has 0 heterocycles. The van der Waals surface area contributed by atoms with Crippen LogP contribution >= 0.6 is 23.2 Å². The minimum atomic E-state index is -0.310. The van der Waals surface area contributed by atoms with Gasteiger partial charge in [-0.2, -0.15) is 0 Å². The molecule has 0 bridgehead atoms. The van der Waals surface area contributed by atoms with Crippen molar-refractivity contribution in [2.45, 2.75) is 6.42 Å². The zero-order chi connectivity index (χ0) is 13.8.